The van der Waals surface area contributed by atoms with Crippen molar-refractivity contribution in [3.05, 3.63) is 90.0 Å². The minimum atomic E-state index is -0.754. The highest BCUT2D eigenvalue weighted by Crippen LogP contribution is 2.79. The van der Waals surface area contributed by atoms with Gasteiger partial charge in [-0.2, -0.15) is 0 Å². The van der Waals surface area contributed by atoms with Gasteiger partial charge in [0.05, 0.1) is 0 Å². The molecule has 4 rings (SSSR count). The predicted octanol–water partition coefficient (Wildman–Crippen LogP) is 7.76. The lowest BCUT2D eigenvalue weighted by atomic mass is 9.91. The number of rotatable bonds is 4. The number of hydrogen-bond donors (Lipinski definition) is 0. The zero-order valence-electron chi connectivity index (χ0n) is 17.5. The van der Waals surface area contributed by atoms with Crippen LogP contribution in [0.1, 0.15) is 16.4 Å². The maximum absolute atomic E-state index is 2.52. The van der Waals surface area contributed by atoms with Crippen molar-refractivity contribution in [2.75, 3.05) is 31.3 Å². The average Bonchev–Trinajstić information content (AvgIpc) is 3.13. The third-order valence-electron chi connectivity index (χ3n) is 6.09. The second-order valence-electron chi connectivity index (χ2n) is 8.53. The van der Waals surface area contributed by atoms with E-state index in [1.807, 2.05) is 0 Å². The van der Waals surface area contributed by atoms with Gasteiger partial charge in [0.15, 0.2) is 0 Å². The van der Waals surface area contributed by atoms with Gasteiger partial charge in [-0.05, 0) is 64.7 Å². The zero-order valence-corrected chi connectivity index (χ0v) is 19.1. The maximum atomic E-state index is 2.52. The van der Waals surface area contributed by atoms with Crippen LogP contribution in [0.2, 0.25) is 0 Å². The summed E-state index contributed by atoms with van der Waals surface area (Å²) in [7, 11) is -1.38. The van der Waals surface area contributed by atoms with Crippen LogP contribution in [0.5, 0.6) is 0 Å². The molecule has 0 saturated heterocycles. The molecule has 1 atom stereocenters. The fourth-order valence-corrected chi connectivity index (χ4v) is 8.20. The van der Waals surface area contributed by atoms with E-state index >= 15 is 0 Å². The van der Waals surface area contributed by atoms with Crippen LogP contribution in [0.4, 0.5) is 0 Å². The summed E-state index contributed by atoms with van der Waals surface area (Å²) in [5.74, 6) is 0. The molecular formula is C26H30S2. The molecule has 1 aliphatic rings. The Balaban J connectivity index is 1.86. The van der Waals surface area contributed by atoms with Gasteiger partial charge in [0.1, 0.15) is 0 Å². The lowest BCUT2D eigenvalue weighted by Gasteiger charge is -2.52. The van der Waals surface area contributed by atoms with Crippen molar-refractivity contribution in [2.24, 2.45) is 0 Å². The van der Waals surface area contributed by atoms with E-state index in [0.29, 0.717) is 5.25 Å². The monoisotopic (exact) mass is 406 g/mol. The SMILES string of the molecule is CS(C)(C)S(C)(C)C1C=Cc2c(-c3ccccc3-c3ccccc3)cccc21. The van der Waals surface area contributed by atoms with Crippen molar-refractivity contribution in [3.8, 4) is 22.3 Å². The van der Waals surface area contributed by atoms with Crippen molar-refractivity contribution < 1.29 is 0 Å². The van der Waals surface area contributed by atoms with Crippen LogP contribution in [0.3, 0.4) is 0 Å². The Labute approximate surface area is 172 Å². The van der Waals surface area contributed by atoms with E-state index in [1.54, 1.807) is 0 Å². The molecule has 0 spiro atoms. The Bertz CT molecular complexity index is 1020. The van der Waals surface area contributed by atoms with Gasteiger partial charge in [0.25, 0.3) is 0 Å². The lowest BCUT2D eigenvalue weighted by Crippen LogP contribution is -2.12. The van der Waals surface area contributed by atoms with Gasteiger partial charge in [0, 0.05) is 5.25 Å². The Morgan fingerprint density at radius 3 is 1.89 bits per heavy atom. The lowest BCUT2D eigenvalue weighted by molar-refractivity contribution is 1.25. The first-order valence-corrected chi connectivity index (χ1v) is 15.6. The molecule has 0 N–H and O–H groups in total. The first-order valence-electron chi connectivity index (χ1n) is 9.67. The molecule has 3 aromatic rings. The highest BCUT2D eigenvalue weighted by Gasteiger charge is 2.35. The minimum Gasteiger partial charge on any atom is -0.218 e. The second kappa shape index (κ2) is 7.17. The molecule has 0 aliphatic heterocycles. The first kappa shape index (κ1) is 19.4. The fourth-order valence-electron chi connectivity index (χ4n) is 3.93. The Morgan fingerprint density at radius 2 is 1.21 bits per heavy atom. The quantitative estimate of drug-likeness (QED) is 0.388. The standard InChI is InChI=1S/C26H30S2/c1-27(2,3)28(4,5)26-19-18-24-23(16-11-17-25(24)26)22-15-10-9-14-21(22)20-12-7-6-8-13-20/h6-19,26H,1-5H3. The smallest absolute Gasteiger partial charge is 0.0394 e. The normalized spacial score (nSPS) is 17.4. The van der Waals surface area contributed by atoms with Gasteiger partial charge in [-0.25, -0.2) is 18.1 Å². The average molecular weight is 407 g/mol. The summed E-state index contributed by atoms with van der Waals surface area (Å²) in [5, 5.41) is 0.557. The van der Waals surface area contributed by atoms with Gasteiger partial charge in [0.2, 0.25) is 0 Å². The van der Waals surface area contributed by atoms with E-state index in [1.165, 1.54) is 33.4 Å². The van der Waals surface area contributed by atoms with E-state index in [0.717, 1.165) is 0 Å². The summed E-state index contributed by atoms with van der Waals surface area (Å²) in [6.45, 7) is 0. The van der Waals surface area contributed by atoms with Crippen molar-refractivity contribution in [2.45, 2.75) is 5.25 Å². The van der Waals surface area contributed by atoms with Gasteiger partial charge >= 0.3 is 0 Å². The predicted molar refractivity (Wildman–Crippen MR) is 134 cm³/mol. The molecule has 0 amide bonds. The number of fused-ring (bicyclic) bond motifs is 1. The van der Waals surface area contributed by atoms with Crippen LogP contribution in [0.25, 0.3) is 28.3 Å². The molecule has 1 aliphatic carbocycles. The van der Waals surface area contributed by atoms with Crippen LogP contribution in [-0.4, -0.2) is 31.3 Å². The van der Waals surface area contributed by atoms with Gasteiger partial charge in [-0.1, -0.05) is 84.9 Å². The van der Waals surface area contributed by atoms with Crippen LogP contribution >= 0.6 is 18.1 Å². The zero-order chi connectivity index (χ0) is 19.9. The van der Waals surface area contributed by atoms with E-state index < -0.39 is 18.1 Å². The molecule has 0 radical (unpaired) electrons. The van der Waals surface area contributed by atoms with Crippen molar-refractivity contribution >= 4 is 24.2 Å². The van der Waals surface area contributed by atoms with Crippen molar-refractivity contribution in [1.82, 2.24) is 0 Å². The van der Waals surface area contributed by atoms with Crippen LogP contribution in [0, 0.1) is 0 Å². The Morgan fingerprint density at radius 1 is 0.607 bits per heavy atom. The third kappa shape index (κ3) is 3.23. The molecule has 2 heteroatoms. The summed E-state index contributed by atoms with van der Waals surface area (Å²) in [6.07, 6.45) is 17.3. The number of benzene rings is 3. The molecule has 0 saturated carbocycles. The molecule has 28 heavy (non-hydrogen) atoms. The van der Waals surface area contributed by atoms with Crippen molar-refractivity contribution in [1.29, 1.82) is 0 Å². The molecule has 0 fully saturated rings. The summed E-state index contributed by atoms with van der Waals surface area (Å²) < 4.78 is 0. The molecule has 0 nitrogen and oxygen atoms in total. The number of hydrogen-bond acceptors (Lipinski definition) is 0. The first-order chi connectivity index (χ1) is 13.3. The summed E-state index contributed by atoms with van der Waals surface area (Å²) in [4.78, 5) is 0. The molecule has 3 aromatic carbocycles. The van der Waals surface area contributed by atoms with Crippen LogP contribution in [-0.2, 0) is 0 Å². The maximum Gasteiger partial charge on any atom is 0.0394 e. The third-order valence-corrected chi connectivity index (χ3v) is 18.7. The van der Waals surface area contributed by atoms with Gasteiger partial charge in [-0.15, -0.1) is 0 Å². The molecule has 0 heterocycles. The van der Waals surface area contributed by atoms with E-state index in [2.05, 4.69) is 116 Å². The second-order valence-corrected chi connectivity index (χ2v) is 20.7. The van der Waals surface area contributed by atoms with Crippen LogP contribution in [0.15, 0.2) is 78.9 Å². The molecular weight excluding hydrogens is 376 g/mol. The summed E-state index contributed by atoms with van der Waals surface area (Å²) in [6, 6.07) is 26.5. The molecule has 1 unspecified atom stereocenters. The minimum absolute atomic E-state index is 0.557. The topological polar surface area (TPSA) is 0 Å². The summed E-state index contributed by atoms with van der Waals surface area (Å²) in [5.41, 5.74) is 8.20. The van der Waals surface area contributed by atoms with Gasteiger partial charge < -0.3 is 0 Å². The van der Waals surface area contributed by atoms with E-state index in [9.17, 15) is 0 Å². The van der Waals surface area contributed by atoms with E-state index in [-0.39, 0.29) is 0 Å². The van der Waals surface area contributed by atoms with Crippen molar-refractivity contribution in [3.63, 3.8) is 0 Å². The highest BCUT2D eigenvalue weighted by molar-refractivity contribution is 9.07. The molecule has 146 valence electrons. The largest absolute Gasteiger partial charge is 0.218 e. The Kier molecular flexibility index (Phi) is 4.97. The summed E-state index contributed by atoms with van der Waals surface area (Å²) >= 11 is 0. The van der Waals surface area contributed by atoms with Gasteiger partial charge in [-0.3, -0.25) is 0 Å². The molecule has 0 bridgehead atoms. The van der Waals surface area contributed by atoms with E-state index in [4.69, 9.17) is 0 Å². The fraction of sp³-hybridized carbons (Fsp3) is 0.231. The van der Waals surface area contributed by atoms with Crippen LogP contribution < -0.4 is 0 Å². The highest BCUT2D eigenvalue weighted by atomic mass is 33.2. The Hall–Kier alpha value is -1.90. The molecule has 0 aromatic heterocycles.